The van der Waals surface area contributed by atoms with Gasteiger partial charge in [-0.3, -0.25) is 9.59 Å². The number of Topliss-reactive ketones (excluding diaryl/α,β-unsaturated/α-hetero) is 1. The third-order valence-corrected chi connectivity index (χ3v) is 5.67. The van der Waals surface area contributed by atoms with Crippen LogP contribution in [0.4, 0.5) is 0 Å². The van der Waals surface area contributed by atoms with Crippen molar-refractivity contribution in [2.45, 2.75) is 13.3 Å². The summed E-state index contributed by atoms with van der Waals surface area (Å²) in [6.07, 6.45) is 3.99. The van der Waals surface area contributed by atoms with Gasteiger partial charge in [0.05, 0.1) is 5.56 Å². The third-order valence-electron chi connectivity index (χ3n) is 5.67. The van der Waals surface area contributed by atoms with Crippen molar-refractivity contribution in [2.24, 2.45) is 0 Å². The van der Waals surface area contributed by atoms with Crippen LogP contribution < -0.4 is 5.43 Å². The summed E-state index contributed by atoms with van der Waals surface area (Å²) in [5, 5.41) is 0. The molecule has 1 aliphatic carbocycles. The van der Waals surface area contributed by atoms with Gasteiger partial charge in [-0.25, -0.2) is 0 Å². The second-order valence-electron chi connectivity index (χ2n) is 8.16. The highest BCUT2D eigenvalue weighted by Gasteiger charge is 2.24. The summed E-state index contributed by atoms with van der Waals surface area (Å²) in [6, 6.07) is 28.3. The Kier molecular flexibility index (Phi) is 5.81. The van der Waals surface area contributed by atoms with Crippen LogP contribution >= 0.6 is 0 Å². The van der Waals surface area contributed by atoms with E-state index in [4.69, 9.17) is 4.42 Å². The fourth-order valence-corrected chi connectivity index (χ4v) is 3.84. The Morgan fingerprint density at radius 3 is 1.97 bits per heavy atom. The molecule has 0 N–H and O–H groups in total. The molecule has 0 saturated carbocycles. The standard InChI is InChI=1S/C31H21O3/c1-21-20-29(33)30(27-18-19-27)31(34-21)28(32)9-5-6-22-10-12-24(13-11-22)26-16-14-25(15-17-26)23-7-3-2-4-8-23/h2-4,7-8,10-20H,6H2,1H3. The zero-order valence-electron chi connectivity index (χ0n) is 18.7. The van der Waals surface area contributed by atoms with Crippen molar-refractivity contribution in [3.8, 4) is 34.1 Å². The minimum absolute atomic E-state index is 0.0202. The van der Waals surface area contributed by atoms with Crippen molar-refractivity contribution in [1.82, 2.24) is 0 Å². The highest BCUT2D eigenvalue weighted by Crippen LogP contribution is 2.30. The Balaban J connectivity index is 1.28. The van der Waals surface area contributed by atoms with Crippen molar-refractivity contribution in [1.29, 1.82) is 0 Å². The van der Waals surface area contributed by atoms with Crippen LogP contribution in [0.1, 0.15) is 27.4 Å². The molecule has 1 aliphatic rings. The van der Waals surface area contributed by atoms with Gasteiger partial charge in [0.15, 0.2) is 11.2 Å². The highest BCUT2D eigenvalue weighted by atomic mass is 16.3. The molecule has 3 aromatic carbocycles. The van der Waals surface area contributed by atoms with Crippen LogP contribution in [0.3, 0.4) is 0 Å². The maximum atomic E-state index is 12.6. The SMILES string of the molecule is Cc1cc(=O)c(C2=C[CH]2)c(C(=O)C#CCc2ccc(-c3ccc(-c4ccccc4)cc3)cc2)o1. The first-order valence-electron chi connectivity index (χ1n) is 11.1. The van der Waals surface area contributed by atoms with E-state index < -0.39 is 5.78 Å². The zero-order valence-corrected chi connectivity index (χ0v) is 18.7. The van der Waals surface area contributed by atoms with Crippen molar-refractivity contribution in [3.63, 3.8) is 0 Å². The van der Waals surface area contributed by atoms with Gasteiger partial charge in [0.25, 0.3) is 5.78 Å². The molecule has 3 heteroatoms. The minimum Gasteiger partial charge on any atom is -0.456 e. The van der Waals surface area contributed by atoms with E-state index in [9.17, 15) is 9.59 Å². The van der Waals surface area contributed by atoms with Gasteiger partial charge in [-0.15, -0.1) is 0 Å². The van der Waals surface area contributed by atoms with Crippen LogP contribution in [-0.2, 0) is 6.42 Å². The smallest absolute Gasteiger partial charge is 0.271 e. The first-order chi connectivity index (χ1) is 16.6. The van der Waals surface area contributed by atoms with E-state index in [0.717, 1.165) is 22.3 Å². The van der Waals surface area contributed by atoms with E-state index in [1.165, 1.54) is 17.2 Å². The molecule has 4 aromatic rings. The van der Waals surface area contributed by atoms with E-state index in [0.29, 0.717) is 17.7 Å². The van der Waals surface area contributed by atoms with Gasteiger partial charge in [-0.05, 0) is 46.2 Å². The summed E-state index contributed by atoms with van der Waals surface area (Å²) in [7, 11) is 0. The van der Waals surface area contributed by atoms with Crippen molar-refractivity contribution in [2.75, 3.05) is 0 Å². The lowest BCUT2D eigenvalue weighted by Gasteiger charge is -2.06. The minimum atomic E-state index is -0.480. The predicted molar refractivity (Wildman–Crippen MR) is 135 cm³/mol. The van der Waals surface area contributed by atoms with Crippen molar-refractivity contribution >= 4 is 11.4 Å². The number of hydrogen-bond donors (Lipinski definition) is 0. The van der Waals surface area contributed by atoms with Gasteiger partial charge in [-0.1, -0.05) is 90.9 Å². The molecule has 0 amide bonds. The second kappa shape index (κ2) is 9.21. The number of allylic oxidation sites excluding steroid dienone is 2. The molecule has 1 radical (unpaired) electrons. The van der Waals surface area contributed by atoms with Gasteiger partial charge in [-0.2, -0.15) is 0 Å². The van der Waals surface area contributed by atoms with Crippen LogP contribution in [-0.4, -0.2) is 5.78 Å². The molecule has 0 aliphatic heterocycles. The topological polar surface area (TPSA) is 47.3 Å². The Hall–Kier alpha value is -4.42. The van der Waals surface area contributed by atoms with E-state index in [2.05, 4.69) is 60.4 Å². The van der Waals surface area contributed by atoms with Crippen molar-refractivity contribution < 1.29 is 9.21 Å². The fraction of sp³-hybridized carbons (Fsp3) is 0.0645. The molecular formula is C31H21O3. The van der Waals surface area contributed by atoms with E-state index in [1.807, 2.05) is 30.3 Å². The van der Waals surface area contributed by atoms with Crippen LogP contribution in [0, 0.1) is 25.2 Å². The summed E-state index contributed by atoms with van der Waals surface area (Å²) in [5.74, 6) is 5.49. The number of carbonyl (C=O) groups is 1. The maximum Gasteiger partial charge on any atom is 0.271 e. The Bertz CT molecular complexity index is 1510. The van der Waals surface area contributed by atoms with Crippen LogP contribution in [0.2, 0.25) is 0 Å². The molecule has 0 unspecified atom stereocenters. The zero-order chi connectivity index (χ0) is 23.5. The molecule has 0 bridgehead atoms. The molecule has 0 saturated heterocycles. The lowest BCUT2D eigenvalue weighted by Crippen LogP contribution is -2.12. The van der Waals surface area contributed by atoms with Crippen molar-refractivity contribution in [3.05, 3.63) is 130 Å². The van der Waals surface area contributed by atoms with Gasteiger partial charge in [0.2, 0.25) is 0 Å². The number of ketones is 1. The maximum absolute atomic E-state index is 12.6. The number of carbonyl (C=O) groups excluding carboxylic acids is 1. The quantitative estimate of drug-likeness (QED) is 0.207. The van der Waals surface area contributed by atoms with E-state index in [1.54, 1.807) is 19.4 Å². The number of rotatable bonds is 5. The Morgan fingerprint density at radius 2 is 1.38 bits per heavy atom. The number of aryl methyl sites for hydroxylation is 1. The Labute approximate surface area is 198 Å². The molecule has 5 rings (SSSR count). The van der Waals surface area contributed by atoms with Gasteiger partial charge in [0, 0.05) is 18.9 Å². The first-order valence-corrected chi connectivity index (χ1v) is 11.1. The van der Waals surface area contributed by atoms with Gasteiger partial charge >= 0.3 is 0 Å². The number of benzene rings is 3. The summed E-state index contributed by atoms with van der Waals surface area (Å²) < 4.78 is 5.54. The predicted octanol–water partition coefficient (Wildman–Crippen LogP) is 6.31. The summed E-state index contributed by atoms with van der Waals surface area (Å²) in [4.78, 5) is 24.9. The first kappa shape index (κ1) is 21.4. The van der Waals surface area contributed by atoms with Gasteiger partial charge < -0.3 is 4.42 Å². The summed E-state index contributed by atoms with van der Waals surface area (Å²) in [6.45, 7) is 1.65. The molecule has 163 valence electrons. The monoisotopic (exact) mass is 441 g/mol. The Morgan fingerprint density at radius 1 is 0.824 bits per heavy atom. The average molecular weight is 442 g/mol. The highest BCUT2D eigenvalue weighted by molar-refractivity contribution is 6.11. The summed E-state index contributed by atoms with van der Waals surface area (Å²) in [5.41, 5.74) is 6.45. The molecule has 34 heavy (non-hydrogen) atoms. The van der Waals surface area contributed by atoms with Crippen LogP contribution in [0.15, 0.2) is 100 Å². The molecule has 1 heterocycles. The molecule has 1 aromatic heterocycles. The van der Waals surface area contributed by atoms with Crippen LogP contribution in [0.5, 0.6) is 0 Å². The third kappa shape index (κ3) is 4.67. The average Bonchev–Trinajstić information content (AvgIpc) is 3.70. The van der Waals surface area contributed by atoms with E-state index >= 15 is 0 Å². The molecule has 3 nitrogen and oxygen atoms in total. The lowest BCUT2D eigenvalue weighted by molar-refractivity contribution is 0.102. The van der Waals surface area contributed by atoms with E-state index in [-0.39, 0.29) is 11.2 Å². The second-order valence-corrected chi connectivity index (χ2v) is 8.16. The summed E-state index contributed by atoms with van der Waals surface area (Å²) >= 11 is 0. The molecular weight excluding hydrogens is 420 g/mol. The van der Waals surface area contributed by atoms with Crippen LogP contribution in [0.25, 0.3) is 27.8 Å². The lowest BCUT2D eigenvalue weighted by atomic mass is 9.99. The number of hydrogen-bond acceptors (Lipinski definition) is 3. The molecule has 0 atom stereocenters. The largest absolute Gasteiger partial charge is 0.456 e. The molecule has 0 spiro atoms. The molecule has 0 fully saturated rings. The normalized spacial score (nSPS) is 11.9. The fourth-order valence-electron chi connectivity index (χ4n) is 3.84. The van der Waals surface area contributed by atoms with Gasteiger partial charge in [0.1, 0.15) is 5.76 Å².